The van der Waals surface area contributed by atoms with Crippen LogP contribution in [0.25, 0.3) is 22.2 Å². The van der Waals surface area contributed by atoms with E-state index in [1.807, 2.05) is 24.3 Å². The van der Waals surface area contributed by atoms with Crippen LogP contribution in [0.2, 0.25) is 0 Å². The topological polar surface area (TPSA) is 92.4 Å². The van der Waals surface area contributed by atoms with Crippen LogP contribution in [-0.4, -0.2) is 22.1 Å². The minimum Gasteiger partial charge on any atom is -0.478 e. The van der Waals surface area contributed by atoms with Gasteiger partial charge in [-0.3, -0.25) is 4.79 Å². The lowest BCUT2D eigenvalue weighted by atomic mass is 10.1. The minimum atomic E-state index is -0.996. The number of nitrogens with zero attached hydrogens (tertiary/aromatic N) is 1. The van der Waals surface area contributed by atoms with Gasteiger partial charge in [0.25, 0.3) is 0 Å². The van der Waals surface area contributed by atoms with Gasteiger partial charge in [0.05, 0.1) is 10.9 Å². The maximum Gasteiger partial charge on any atom is 0.335 e. The van der Waals surface area contributed by atoms with Crippen molar-refractivity contribution in [2.75, 3.05) is 5.32 Å². The number of rotatable bonds is 4. The molecule has 3 aromatic rings. The Bertz CT molecular complexity index is 969. The zero-order valence-corrected chi connectivity index (χ0v) is 14.1. The summed E-state index contributed by atoms with van der Waals surface area (Å²) in [4.78, 5) is 23.4. The van der Waals surface area contributed by atoms with Crippen molar-refractivity contribution < 1.29 is 19.2 Å². The summed E-state index contributed by atoms with van der Waals surface area (Å²) in [6.07, 6.45) is 4.15. The fraction of sp³-hybridized carbons (Fsp3) is 0.250. The summed E-state index contributed by atoms with van der Waals surface area (Å²) in [5, 5.41) is 16.7. The first kappa shape index (κ1) is 16.3. The molecule has 1 heterocycles. The van der Waals surface area contributed by atoms with Gasteiger partial charge in [-0.2, -0.15) is 0 Å². The lowest BCUT2D eigenvalue weighted by Gasteiger charge is -2.10. The zero-order chi connectivity index (χ0) is 18.1. The van der Waals surface area contributed by atoms with Crippen molar-refractivity contribution in [3.8, 4) is 11.3 Å². The lowest BCUT2D eigenvalue weighted by molar-refractivity contribution is -0.119. The molecular formula is C20H18N2O4. The molecule has 1 amide bonds. The van der Waals surface area contributed by atoms with E-state index >= 15 is 0 Å². The predicted octanol–water partition coefficient (Wildman–Crippen LogP) is 4.32. The number of hydrogen-bond donors (Lipinski definition) is 2. The molecule has 6 nitrogen and oxygen atoms in total. The van der Waals surface area contributed by atoms with Crippen LogP contribution in [0.4, 0.5) is 5.69 Å². The first-order valence-corrected chi connectivity index (χ1v) is 8.66. The maximum absolute atomic E-state index is 12.2. The van der Waals surface area contributed by atoms with Crippen LogP contribution in [0.1, 0.15) is 36.0 Å². The van der Waals surface area contributed by atoms with Crippen molar-refractivity contribution in [2.24, 2.45) is 5.92 Å². The smallest absolute Gasteiger partial charge is 0.335 e. The highest BCUT2D eigenvalue weighted by atomic mass is 16.5. The van der Waals surface area contributed by atoms with Crippen molar-refractivity contribution in [1.82, 2.24) is 5.16 Å². The second-order valence-electron chi connectivity index (χ2n) is 6.60. The maximum atomic E-state index is 12.2. The molecule has 4 rings (SSSR count). The van der Waals surface area contributed by atoms with Crippen LogP contribution in [-0.2, 0) is 4.79 Å². The molecule has 1 saturated carbocycles. The summed E-state index contributed by atoms with van der Waals surface area (Å²) in [6.45, 7) is 0. The molecular weight excluding hydrogens is 332 g/mol. The third-order valence-electron chi connectivity index (χ3n) is 4.86. The molecule has 0 aliphatic heterocycles. The van der Waals surface area contributed by atoms with E-state index in [-0.39, 0.29) is 17.4 Å². The Morgan fingerprint density at radius 2 is 1.81 bits per heavy atom. The third-order valence-corrected chi connectivity index (χ3v) is 4.86. The molecule has 0 radical (unpaired) electrons. The van der Waals surface area contributed by atoms with Gasteiger partial charge >= 0.3 is 5.97 Å². The third kappa shape index (κ3) is 3.06. The number of anilines is 1. The highest BCUT2D eigenvalue weighted by Crippen LogP contribution is 2.31. The Kier molecular flexibility index (Phi) is 4.16. The van der Waals surface area contributed by atoms with Crippen LogP contribution in [0, 0.1) is 5.92 Å². The number of aromatic nitrogens is 1. The molecule has 1 fully saturated rings. The van der Waals surface area contributed by atoms with Gasteiger partial charge < -0.3 is 14.9 Å². The van der Waals surface area contributed by atoms with Gasteiger partial charge in [0, 0.05) is 17.2 Å². The van der Waals surface area contributed by atoms with E-state index in [9.17, 15) is 9.59 Å². The number of carboxylic acids is 1. The molecule has 0 unspecified atom stereocenters. The highest BCUT2D eigenvalue weighted by Gasteiger charge is 2.22. The average molecular weight is 350 g/mol. The van der Waals surface area contributed by atoms with Gasteiger partial charge in [-0.1, -0.05) is 18.0 Å². The van der Waals surface area contributed by atoms with E-state index in [2.05, 4.69) is 10.5 Å². The van der Waals surface area contributed by atoms with Crippen LogP contribution < -0.4 is 5.32 Å². The standard InChI is InChI=1S/C20H18N2O4/c23-19(13-3-1-2-4-13)21-15-8-5-12(6-9-15)18-16-11-14(20(24)25)7-10-17(16)22-26-18/h5-11,13H,1-4H2,(H,21,23)(H,24,25). The van der Waals surface area contributed by atoms with E-state index < -0.39 is 5.97 Å². The van der Waals surface area contributed by atoms with Gasteiger partial charge in [-0.25, -0.2) is 4.79 Å². The highest BCUT2D eigenvalue weighted by molar-refractivity contribution is 5.98. The van der Waals surface area contributed by atoms with E-state index in [1.54, 1.807) is 12.1 Å². The average Bonchev–Trinajstić information content (AvgIpc) is 3.32. The molecule has 6 heteroatoms. The molecule has 0 atom stereocenters. The molecule has 132 valence electrons. The molecule has 0 bridgehead atoms. The summed E-state index contributed by atoms with van der Waals surface area (Å²) in [5.41, 5.74) is 2.29. The Morgan fingerprint density at radius 3 is 2.50 bits per heavy atom. The normalized spacial score (nSPS) is 14.6. The molecule has 0 spiro atoms. The molecule has 2 N–H and O–H groups in total. The van der Waals surface area contributed by atoms with Gasteiger partial charge in [0.15, 0.2) is 5.76 Å². The Hall–Kier alpha value is -3.15. The van der Waals surface area contributed by atoms with Gasteiger partial charge in [0.1, 0.15) is 5.52 Å². The Balaban J connectivity index is 1.58. The molecule has 1 aliphatic rings. The Morgan fingerprint density at radius 1 is 1.08 bits per heavy atom. The number of hydrogen-bond acceptors (Lipinski definition) is 4. The second kappa shape index (κ2) is 6.63. The van der Waals surface area contributed by atoms with Crippen molar-refractivity contribution >= 4 is 28.5 Å². The van der Waals surface area contributed by atoms with Crippen LogP contribution in [0.3, 0.4) is 0 Å². The van der Waals surface area contributed by atoms with Gasteiger partial charge in [-0.05, 0) is 55.3 Å². The number of fused-ring (bicyclic) bond motifs is 1. The van der Waals surface area contributed by atoms with Crippen molar-refractivity contribution in [1.29, 1.82) is 0 Å². The summed E-state index contributed by atoms with van der Waals surface area (Å²) < 4.78 is 5.41. The first-order chi connectivity index (χ1) is 12.6. The number of benzene rings is 2. The number of amides is 1. The number of carboxylic acid groups (broad SMARTS) is 1. The Labute approximate surface area is 149 Å². The quantitative estimate of drug-likeness (QED) is 0.731. The number of carbonyl (C=O) groups excluding carboxylic acids is 1. The second-order valence-corrected chi connectivity index (χ2v) is 6.60. The molecule has 1 aromatic heterocycles. The SMILES string of the molecule is O=C(O)c1ccc2noc(-c3ccc(NC(=O)C4CCCC4)cc3)c2c1. The monoisotopic (exact) mass is 350 g/mol. The predicted molar refractivity (Wildman–Crippen MR) is 97.0 cm³/mol. The number of carbonyl (C=O) groups is 2. The van der Waals surface area contributed by atoms with E-state index in [1.165, 1.54) is 6.07 Å². The minimum absolute atomic E-state index is 0.0754. The van der Waals surface area contributed by atoms with E-state index in [4.69, 9.17) is 9.63 Å². The molecule has 2 aromatic carbocycles. The van der Waals surface area contributed by atoms with E-state index in [0.29, 0.717) is 16.7 Å². The molecule has 1 aliphatic carbocycles. The van der Waals surface area contributed by atoms with Crippen LogP contribution in [0.15, 0.2) is 47.0 Å². The fourth-order valence-electron chi connectivity index (χ4n) is 3.42. The van der Waals surface area contributed by atoms with Crippen molar-refractivity contribution in [3.05, 3.63) is 48.0 Å². The number of nitrogens with one attached hydrogen (secondary N) is 1. The van der Waals surface area contributed by atoms with Crippen molar-refractivity contribution in [3.63, 3.8) is 0 Å². The zero-order valence-electron chi connectivity index (χ0n) is 14.1. The summed E-state index contributed by atoms with van der Waals surface area (Å²) in [5.74, 6) is -0.297. The van der Waals surface area contributed by atoms with Gasteiger partial charge in [0.2, 0.25) is 5.91 Å². The number of aromatic carboxylic acids is 1. The van der Waals surface area contributed by atoms with Crippen LogP contribution in [0.5, 0.6) is 0 Å². The molecule has 26 heavy (non-hydrogen) atoms. The van der Waals surface area contributed by atoms with Crippen LogP contribution >= 0.6 is 0 Å². The molecule has 0 saturated heterocycles. The van der Waals surface area contributed by atoms with Crippen molar-refractivity contribution in [2.45, 2.75) is 25.7 Å². The summed E-state index contributed by atoms with van der Waals surface area (Å²) in [7, 11) is 0. The largest absolute Gasteiger partial charge is 0.478 e. The van der Waals surface area contributed by atoms with E-state index in [0.717, 1.165) is 36.9 Å². The lowest BCUT2D eigenvalue weighted by Crippen LogP contribution is -2.20. The summed E-state index contributed by atoms with van der Waals surface area (Å²) in [6, 6.07) is 12.0. The fourth-order valence-corrected chi connectivity index (χ4v) is 3.42. The first-order valence-electron chi connectivity index (χ1n) is 8.66. The summed E-state index contributed by atoms with van der Waals surface area (Å²) >= 11 is 0. The van der Waals surface area contributed by atoms with Gasteiger partial charge in [-0.15, -0.1) is 0 Å².